The Bertz CT molecular complexity index is 1200. The third-order valence-electron chi connectivity index (χ3n) is 6.62. The molecular formula is C24H25N5O4. The molecule has 4 heterocycles. The van der Waals surface area contributed by atoms with Gasteiger partial charge in [0.2, 0.25) is 5.60 Å². The second-order valence-corrected chi connectivity index (χ2v) is 8.94. The Morgan fingerprint density at radius 2 is 2.03 bits per heavy atom. The molecule has 3 aliphatic heterocycles. The van der Waals surface area contributed by atoms with Crippen LogP contribution in [-0.2, 0) is 9.53 Å². The van der Waals surface area contributed by atoms with Crippen LogP contribution in [0.5, 0.6) is 0 Å². The molecule has 1 unspecified atom stereocenters. The number of amides is 2. The highest BCUT2D eigenvalue weighted by molar-refractivity contribution is 5.92. The predicted molar refractivity (Wildman–Crippen MR) is 120 cm³/mol. The summed E-state index contributed by atoms with van der Waals surface area (Å²) in [6, 6.07) is 8.81. The van der Waals surface area contributed by atoms with Crippen LogP contribution in [0.15, 0.2) is 30.3 Å². The summed E-state index contributed by atoms with van der Waals surface area (Å²) in [5, 5.41) is 10.6. The van der Waals surface area contributed by atoms with Crippen LogP contribution in [-0.4, -0.2) is 76.3 Å². The number of aliphatic hydroxyl groups is 1. The van der Waals surface area contributed by atoms with Gasteiger partial charge in [-0.05, 0) is 25.0 Å². The lowest BCUT2D eigenvalue weighted by molar-refractivity contribution is -0.137. The van der Waals surface area contributed by atoms with Crippen molar-refractivity contribution in [2.24, 2.45) is 5.73 Å². The Morgan fingerprint density at radius 1 is 1.21 bits per heavy atom. The summed E-state index contributed by atoms with van der Waals surface area (Å²) in [6.07, 6.45) is 2.31. The average Bonchev–Trinajstić information content (AvgIpc) is 3.36. The number of likely N-dealkylation sites (N-methyl/N-ethyl adjacent to an activating group) is 1. The number of nitrogens with zero attached hydrogens (tertiary/aromatic N) is 4. The molecule has 9 nitrogen and oxygen atoms in total. The molecule has 2 aromatic rings. The van der Waals surface area contributed by atoms with Gasteiger partial charge in [0.15, 0.2) is 5.82 Å². The fourth-order valence-electron chi connectivity index (χ4n) is 4.64. The van der Waals surface area contributed by atoms with Crippen molar-refractivity contribution in [3.63, 3.8) is 0 Å². The normalized spacial score (nSPS) is 23.4. The highest BCUT2D eigenvalue weighted by atomic mass is 16.5. The molecule has 9 heteroatoms. The van der Waals surface area contributed by atoms with Gasteiger partial charge in [-0.3, -0.25) is 9.59 Å². The standard InChI is InChI=1S/C24H25N5O4/c1-28-11-9-24(32,22(28)31)8-6-16-4-2-5-17(12-16)21-26-18(20(25)30)13-19(27-21)29-10-3-7-23(29)14-33-15-23/h2,4-5,12-13,32H,3,7,9-11,14-15H2,1H3,(H2,25,30). The van der Waals surface area contributed by atoms with Crippen molar-refractivity contribution in [3.05, 3.63) is 41.6 Å². The second kappa shape index (κ2) is 7.83. The van der Waals surface area contributed by atoms with E-state index < -0.39 is 17.4 Å². The van der Waals surface area contributed by atoms with Crippen LogP contribution >= 0.6 is 0 Å². The van der Waals surface area contributed by atoms with Crippen molar-refractivity contribution in [3.8, 4) is 23.2 Å². The Morgan fingerprint density at radius 3 is 2.70 bits per heavy atom. The van der Waals surface area contributed by atoms with Gasteiger partial charge >= 0.3 is 0 Å². The van der Waals surface area contributed by atoms with Gasteiger partial charge in [0.25, 0.3) is 11.8 Å². The first-order valence-corrected chi connectivity index (χ1v) is 11.0. The number of primary amides is 1. The van der Waals surface area contributed by atoms with Crippen molar-refractivity contribution in [2.75, 3.05) is 38.3 Å². The van der Waals surface area contributed by atoms with Crippen LogP contribution in [0.1, 0.15) is 35.3 Å². The van der Waals surface area contributed by atoms with Crippen molar-refractivity contribution in [1.29, 1.82) is 0 Å². The molecule has 1 aromatic carbocycles. The smallest absolute Gasteiger partial charge is 0.267 e. The zero-order valence-corrected chi connectivity index (χ0v) is 18.4. The number of ether oxygens (including phenoxy) is 1. The molecule has 0 saturated carbocycles. The van der Waals surface area contributed by atoms with E-state index in [0.29, 0.717) is 42.5 Å². The largest absolute Gasteiger partial charge is 0.376 e. The number of anilines is 1. The van der Waals surface area contributed by atoms with Gasteiger partial charge in [0, 0.05) is 43.8 Å². The van der Waals surface area contributed by atoms with Gasteiger partial charge in [-0.25, -0.2) is 9.97 Å². The third-order valence-corrected chi connectivity index (χ3v) is 6.62. The number of hydrogen-bond donors (Lipinski definition) is 2. The number of rotatable bonds is 3. The molecule has 170 valence electrons. The van der Waals surface area contributed by atoms with E-state index in [4.69, 9.17) is 15.5 Å². The van der Waals surface area contributed by atoms with Crippen molar-refractivity contribution in [1.82, 2.24) is 14.9 Å². The van der Waals surface area contributed by atoms with Gasteiger partial charge in [-0.2, -0.15) is 0 Å². The molecule has 1 atom stereocenters. The number of benzene rings is 1. The van der Waals surface area contributed by atoms with Crippen molar-refractivity contribution in [2.45, 2.75) is 30.4 Å². The van der Waals surface area contributed by atoms with Crippen LogP contribution in [0, 0.1) is 11.8 Å². The van der Waals surface area contributed by atoms with E-state index in [1.54, 1.807) is 31.3 Å². The van der Waals surface area contributed by atoms with Crippen LogP contribution in [0.4, 0.5) is 5.82 Å². The molecule has 1 aromatic heterocycles. The first-order chi connectivity index (χ1) is 15.8. The zero-order valence-electron chi connectivity index (χ0n) is 18.4. The predicted octanol–water partition coefficient (Wildman–Crippen LogP) is 0.556. The lowest BCUT2D eigenvalue weighted by Gasteiger charge is -2.45. The monoisotopic (exact) mass is 447 g/mol. The topological polar surface area (TPSA) is 122 Å². The van der Waals surface area contributed by atoms with Crippen molar-refractivity contribution < 1.29 is 19.4 Å². The maximum absolute atomic E-state index is 12.2. The molecule has 0 aliphatic carbocycles. The number of carbonyl (C=O) groups excluding carboxylic acids is 2. The number of nitrogens with two attached hydrogens (primary N) is 1. The molecule has 3 aliphatic rings. The summed E-state index contributed by atoms with van der Waals surface area (Å²) >= 11 is 0. The molecule has 5 rings (SSSR count). The summed E-state index contributed by atoms with van der Waals surface area (Å²) in [5.41, 5.74) is 5.22. The van der Waals surface area contributed by atoms with E-state index in [9.17, 15) is 14.7 Å². The molecule has 1 spiro atoms. The van der Waals surface area contributed by atoms with Gasteiger partial charge in [0.05, 0.1) is 18.8 Å². The summed E-state index contributed by atoms with van der Waals surface area (Å²) in [4.78, 5) is 37.0. The fourth-order valence-corrected chi connectivity index (χ4v) is 4.64. The molecule has 3 fully saturated rings. The molecule has 2 amide bonds. The van der Waals surface area contributed by atoms with Gasteiger partial charge in [0.1, 0.15) is 11.5 Å². The quantitative estimate of drug-likeness (QED) is 0.659. The van der Waals surface area contributed by atoms with Crippen LogP contribution in [0.2, 0.25) is 0 Å². The van der Waals surface area contributed by atoms with Crippen LogP contribution in [0.25, 0.3) is 11.4 Å². The first kappa shape index (κ1) is 21.4. The van der Waals surface area contributed by atoms with E-state index in [1.807, 2.05) is 6.07 Å². The molecule has 0 radical (unpaired) electrons. The summed E-state index contributed by atoms with van der Waals surface area (Å²) in [6.45, 7) is 2.56. The Kier molecular flexibility index (Phi) is 5.07. The number of hydrogen-bond acceptors (Lipinski definition) is 7. The summed E-state index contributed by atoms with van der Waals surface area (Å²) < 4.78 is 5.47. The third kappa shape index (κ3) is 3.71. The van der Waals surface area contributed by atoms with Crippen LogP contribution in [0.3, 0.4) is 0 Å². The highest BCUT2D eigenvalue weighted by Gasteiger charge is 2.48. The zero-order chi connectivity index (χ0) is 23.2. The second-order valence-electron chi connectivity index (χ2n) is 8.94. The Hall–Kier alpha value is -3.48. The molecule has 0 bridgehead atoms. The van der Waals surface area contributed by atoms with E-state index in [1.165, 1.54) is 4.90 Å². The maximum atomic E-state index is 12.2. The summed E-state index contributed by atoms with van der Waals surface area (Å²) in [7, 11) is 1.64. The maximum Gasteiger partial charge on any atom is 0.267 e. The number of aromatic nitrogens is 2. The fraction of sp³-hybridized carbons (Fsp3) is 0.417. The molecule has 33 heavy (non-hydrogen) atoms. The lowest BCUT2D eigenvalue weighted by atomic mass is 9.94. The SMILES string of the molecule is CN1CCC(O)(C#Cc2cccc(-c3nc(C(N)=O)cc(N4CCCC45COC5)n3)c2)C1=O. The average molecular weight is 447 g/mol. The van der Waals surface area contributed by atoms with E-state index >= 15 is 0 Å². The van der Waals surface area contributed by atoms with Gasteiger partial charge in [-0.1, -0.05) is 24.0 Å². The minimum atomic E-state index is -1.67. The Labute approximate surface area is 191 Å². The molecule has 3 saturated heterocycles. The minimum Gasteiger partial charge on any atom is -0.376 e. The summed E-state index contributed by atoms with van der Waals surface area (Å²) in [5.74, 6) is 5.62. The first-order valence-electron chi connectivity index (χ1n) is 11.0. The Balaban J connectivity index is 1.50. The number of likely N-dealkylation sites (tertiary alicyclic amines) is 1. The van der Waals surface area contributed by atoms with E-state index in [2.05, 4.69) is 21.7 Å². The molecular weight excluding hydrogens is 422 g/mol. The highest BCUT2D eigenvalue weighted by Crippen LogP contribution is 2.39. The van der Waals surface area contributed by atoms with E-state index in [0.717, 1.165) is 19.4 Å². The van der Waals surface area contributed by atoms with Gasteiger partial charge in [-0.15, -0.1) is 0 Å². The lowest BCUT2D eigenvalue weighted by Crippen LogP contribution is -2.59. The van der Waals surface area contributed by atoms with Crippen molar-refractivity contribution >= 4 is 17.6 Å². The number of carbonyl (C=O) groups is 2. The minimum absolute atomic E-state index is 0.0791. The van der Waals surface area contributed by atoms with Crippen LogP contribution < -0.4 is 10.6 Å². The van der Waals surface area contributed by atoms with Gasteiger partial charge < -0.3 is 25.4 Å². The van der Waals surface area contributed by atoms with E-state index in [-0.39, 0.29) is 17.7 Å². The molecule has 3 N–H and O–H groups in total.